The first kappa shape index (κ1) is 13.3. The zero-order chi connectivity index (χ0) is 12.5. The van der Waals surface area contributed by atoms with E-state index in [0.717, 1.165) is 6.42 Å². The molecule has 1 N–H and O–H groups in total. The maximum absolute atomic E-state index is 13.5. The minimum Gasteiger partial charge on any atom is -0.477 e. The van der Waals surface area contributed by atoms with Crippen LogP contribution in [-0.4, -0.2) is 23.2 Å². The van der Waals surface area contributed by atoms with Gasteiger partial charge in [0.05, 0.1) is 0 Å². The van der Waals surface area contributed by atoms with Gasteiger partial charge >= 0.3 is 11.9 Å². The van der Waals surface area contributed by atoms with Crippen molar-refractivity contribution in [3.05, 3.63) is 0 Å². The van der Waals surface area contributed by atoms with Crippen molar-refractivity contribution in [3.63, 3.8) is 0 Å². The van der Waals surface area contributed by atoms with Crippen LogP contribution in [0.3, 0.4) is 0 Å². The minimum atomic E-state index is -4.26. The predicted octanol–water partition coefficient (Wildman–Crippen LogP) is 3.12. The van der Waals surface area contributed by atoms with E-state index in [4.69, 9.17) is 5.11 Å². The first-order valence-electron chi connectivity index (χ1n) is 5.50. The van der Waals surface area contributed by atoms with E-state index in [2.05, 4.69) is 0 Å². The largest absolute Gasteiger partial charge is 0.477 e. The fourth-order valence-electron chi connectivity index (χ4n) is 2.66. The van der Waals surface area contributed by atoms with Crippen LogP contribution in [0.1, 0.15) is 33.1 Å². The molecule has 1 saturated carbocycles. The van der Waals surface area contributed by atoms with Gasteiger partial charge in [-0.15, -0.1) is 0 Å². The highest BCUT2D eigenvalue weighted by molar-refractivity contribution is 5.76. The van der Waals surface area contributed by atoms with Crippen LogP contribution in [0.4, 0.5) is 13.2 Å². The molecule has 1 aliphatic carbocycles. The molecule has 16 heavy (non-hydrogen) atoms. The molecule has 5 heteroatoms. The van der Waals surface area contributed by atoms with Crippen LogP contribution >= 0.6 is 0 Å². The number of rotatable bonds is 3. The Morgan fingerprint density at radius 3 is 2.06 bits per heavy atom. The Bertz CT molecular complexity index is 258. The fraction of sp³-hybridized carbons (Fsp3) is 0.909. The highest BCUT2D eigenvalue weighted by Crippen LogP contribution is 2.40. The number of carboxylic acids is 1. The molecule has 3 atom stereocenters. The topological polar surface area (TPSA) is 37.3 Å². The van der Waals surface area contributed by atoms with Gasteiger partial charge in [-0.25, -0.2) is 9.18 Å². The normalized spacial score (nSPS) is 33.4. The van der Waals surface area contributed by atoms with Gasteiger partial charge in [0.2, 0.25) is 0 Å². The number of hydrogen-bond donors (Lipinski definition) is 1. The first-order chi connectivity index (χ1) is 7.25. The van der Waals surface area contributed by atoms with Crippen molar-refractivity contribution in [2.75, 3.05) is 0 Å². The van der Waals surface area contributed by atoms with Gasteiger partial charge in [0.1, 0.15) is 0 Å². The van der Waals surface area contributed by atoms with Gasteiger partial charge in [0.15, 0.2) is 6.17 Å². The standard InChI is InChI=1S/C11H17F3O2/c1-6-3-7(2)5-8(4-6)9(12)11(13,14)10(15)16/h6-9H,3-5H2,1-2H3,(H,15,16). The van der Waals surface area contributed by atoms with Crippen molar-refractivity contribution >= 4 is 5.97 Å². The summed E-state index contributed by atoms with van der Waals surface area (Å²) < 4.78 is 39.5. The lowest BCUT2D eigenvalue weighted by Gasteiger charge is -2.34. The molecule has 1 fully saturated rings. The Labute approximate surface area is 92.8 Å². The lowest BCUT2D eigenvalue weighted by Crippen LogP contribution is -2.44. The van der Waals surface area contributed by atoms with Crippen LogP contribution < -0.4 is 0 Å². The third-order valence-corrected chi connectivity index (χ3v) is 3.26. The van der Waals surface area contributed by atoms with E-state index in [0.29, 0.717) is 12.8 Å². The van der Waals surface area contributed by atoms with Crippen LogP contribution in [0.5, 0.6) is 0 Å². The van der Waals surface area contributed by atoms with Crippen molar-refractivity contribution in [2.45, 2.75) is 45.2 Å². The highest BCUT2D eigenvalue weighted by atomic mass is 19.3. The van der Waals surface area contributed by atoms with Gasteiger partial charge < -0.3 is 5.11 Å². The van der Waals surface area contributed by atoms with Crippen LogP contribution in [0, 0.1) is 17.8 Å². The lowest BCUT2D eigenvalue weighted by molar-refractivity contribution is -0.180. The molecular weight excluding hydrogens is 221 g/mol. The smallest absolute Gasteiger partial charge is 0.377 e. The molecule has 0 aromatic heterocycles. The molecule has 0 bridgehead atoms. The van der Waals surface area contributed by atoms with Crippen LogP contribution in [0.2, 0.25) is 0 Å². The Morgan fingerprint density at radius 1 is 1.25 bits per heavy atom. The average Bonchev–Trinajstić information content (AvgIpc) is 2.14. The fourth-order valence-corrected chi connectivity index (χ4v) is 2.66. The summed E-state index contributed by atoms with van der Waals surface area (Å²) in [6.45, 7) is 3.77. The van der Waals surface area contributed by atoms with E-state index < -0.39 is 24.0 Å². The first-order valence-corrected chi connectivity index (χ1v) is 5.50. The summed E-state index contributed by atoms with van der Waals surface area (Å²) in [4.78, 5) is 10.3. The maximum atomic E-state index is 13.5. The summed E-state index contributed by atoms with van der Waals surface area (Å²) in [5.41, 5.74) is 0. The van der Waals surface area contributed by atoms with Gasteiger partial charge in [0, 0.05) is 0 Å². The number of halogens is 3. The van der Waals surface area contributed by atoms with Gasteiger partial charge in [-0.2, -0.15) is 8.78 Å². The lowest BCUT2D eigenvalue weighted by atomic mass is 9.74. The molecule has 1 rings (SSSR count). The van der Waals surface area contributed by atoms with Crippen LogP contribution in [0.25, 0.3) is 0 Å². The summed E-state index contributed by atoms with van der Waals surface area (Å²) in [5, 5.41) is 8.28. The summed E-state index contributed by atoms with van der Waals surface area (Å²) in [5.74, 6) is -7.12. The quantitative estimate of drug-likeness (QED) is 0.820. The maximum Gasteiger partial charge on any atom is 0.377 e. The molecule has 3 unspecified atom stereocenters. The van der Waals surface area contributed by atoms with Crippen molar-refractivity contribution in [1.29, 1.82) is 0 Å². The van der Waals surface area contributed by atoms with Gasteiger partial charge in [-0.1, -0.05) is 13.8 Å². The second kappa shape index (κ2) is 4.63. The second-order valence-corrected chi connectivity index (χ2v) is 5.01. The Hall–Kier alpha value is -0.740. The van der Waals surface area contributed by atoms with Crippen molar-refractivity contribution < 1.29 is 23.1 Å². The summed E-state index contributed by atoms with van der Waals surface area (Å²) in [6.07, 6.45) is -1.000. The van der Waals surface area contributed by atoms with Crippen LogP contribution in [0.15, 0.2) is 0 Å². The van der Waals surface area contributed by atoms with E-state index >= 15 is 0 Å². The van der Waals surface area contributed by atoms with E-state index in [9.17, 15) is 18.0 Å². The second-order valence-electron chi connectivity index (χ2n) is 5.01. The molecule has 0 radical (unpaired) electrons. The molecule has 0 spiro atoms. The molecular formula is C11H17F3O2. The molecule has 0 heterocycles. The Kier molecular flexibility index (Phi) is 3.86. The van der Waals surface area contributed by atoms with Crippen molar-refractivity contribution in [2.24, 2.45) is 17.8 Å². The predicted molar refractivity (Wildman–Crippen MR) is 53.1 cm³/mol. The molecule has 0 aromatic carbocycles. The summed E-state index contributed by atoms with van der Waals surface area (Å²) in [7, 11) is 0. The number of aliphatic carboxylic acids is 1. The molecule has 0 aliphatic heterocycles. The van der Waals surface area contributed by atoms with Crippen LogP contribution in [-0.2, 0) is 4.79 Å². The minimum absolute atomic E-state index is 0.177. The number of hydrogen-bond acceptors (Lipinski definition) is 1. The molecule has 0 saturated heterocycles. The van der Waals surface area contributed by atoms with E-state index in [1.165, 1.54) is 0 Å². The van der Waals surface area contributed by atoms with Gasteiger partial charge in [-0.3, -0.25) is 0 Å². The third kappa shape index (κ3) is 2.68. The van der Waals surface area contributed by atoms with Crippen molar-refractivity contribution in [1.82, 2.24) is 0 Å². The van der Waals surface area contributed by atoms with E-state index in [1.54, 1.807) is 0 Å². The molecule has 0 aromatic rings. The van der Waals surface area contributed by atoms with E-state index in [-0.39, 0.29) is 11.8 Å². The Balaban J connectivity index is 2.73. The van der Waals surface area contributed by atoms with Crippen molar-refractivity contribution in [3.8, 4) is 0 Å². The molecule has 94 valence electrons. The zero-order valence-corrected chi connectivity index (χ0v) is 9.42. The van der Waals surface area contributed by atoms with Gasteiger partial charge in [0.25, 0.3) is 0 Å². The third-order valence-electron chi connectivity index (χ3n) is 3.26. The monoisotopic (exact) mass is 238 g/mol. The SMILES string of the molecule is CC1CC(C)CC(C(F)C(F)(F)C(=O)O)C1. The number of carboxylic acid groups (broad SMARTS) is 1. The van der Waals surface area contributed by atoms with E-state index in [1.807, 2.05) is 13.8 Å². The van der Waals surface area contributed by atoms with Gasteiger partial charge in [-0.05, 0) is 37.0 Å². The number of carbonyl (C=O) groups is 1. The Morgan fingerprint density at radius 2 is 1.69 bits per heavy atom. The zero-order valence-electron chi connectivity index (χ0n) is 9.42. The number of alkyl halides is 3. The summed E-state index contributed by atoms with van der Waals surface area (Å²) >= 11 is 0. The molecule has 0 amide bonds. The molecule has 2 nitrogen and oxygen atoms in total. The summed E-state index contributed by atoms with van der Waals surface area (Å²) in [6, 6.07) is 0. The highest BCUT2D eigenvalue weighted by Gasteiger charge is 2.52. The molecule has 1 aliphatic rings. The average molecular weight is 238 g/mol.